The van der Waals surface area contributed by atoms with Crippen LogP contribution >= 0.6 is 0 Å². The van der Waals surface area contributed by atoms with Crippen LogP contribution in [0.4, 0.5) is 5.69 Å². The Kier molecular flexibility index (Phi) is 4.94. The molecule has 0 fully saturated rings. The highest BCUT2D eigenvalue weighted by Gasteiger charge is 2.13. The third kappa shape index (κ3) is 3.63. The predicted octanol–water partition coefficient (Wildman–Crippen LogP) is 0.121. The summed E-state index contributed by atoms with van der Waals surface area (Å²) < 4.78 is 0. The van der Waals surface area contributed by atoms with Gasteiger partial charge in [0.25, 0.3) is 5.69 Å². The number of hydrogen-bond acceptors (Lipinski definition) is 5. The zero-order valence-corrected chi connectivity index (χ0v) is 9.74. The maximum Gasteiger partial charge on any atom is 0.270 e. The van der Waals surface area contributed by atoms with Crippen molar-refractivity contribution in [2.75, 3.05) is 13.7 Å². The van der Waals surface area contributed by atoms with Gasteiger partial charge in [0.2, 0.25) is 5.91 Å². The molecule has 7 heteroatoms. The molecular weight excluding hydrogens is 238 g/mol. The van der Waals surface area contributed by atoms with Crippen molar-refractivity contribution in [1.82, 2.24) is 5.32 Å². The summed E-state index contributed by atoms with van der Waals surface area (Å²) in [5.41, 5.74) is 0.436. The molecule has 1 rings (SSSR count). The molecule has 0 radical (unpaired) electrons. The number of carbonyl (C=O) groups excluding carboxylic acids is 1. The number of carbonyl (C=O) groups is 1. The van der Waals surface area contributed by atoms with E-state index in [-0.39, 0.29) is 5.69 Å². The Labute approximate surface area is 103 Å². The average molecular weight is 251 g/mol. The molecule has 18 heavy (non-hydrogen) atoms. The molecule has 0 aliphatic rings. The Bertz CT molecular complexity index is 473. The molecule has 0 heterocycles. The highest BCUT2D eigenvalue weighted by Crippen LogP contribution is 2.11. The molecule has 1 amide bonds. The summed E-state index contributed by atoms with van der Waals surface area (Å²) >= 11 is 0. The van der Waals surface area contributed by atoms with Crippen molar-refractivity contribution < 1.29 is 14.8 Å². The molecule has 7 nitrogen and oxygen atoms in total. The molecule has 0 aliphatic carbocycles. The molecule has 1 aromatic rings. The Morgan fingerprint density at radius 1 is 1.67 bits per heavy atom. The minimum atomic E-state index is -0.908. The summed E-state index contributed by atoms with van der Waals surface area (Å²) in [5.74, 6) is -0.417. The lowest BCUT2D eigenvalue weighted by atomic mass is 10.2. The van der Waals surface area contributed by atoms with E-state index in [1.165, 1.54) is 31.5 Å². The zero-order chi connectivity index (χ0) is 13.5. The smallest absolute Gasteiger partial charge is 0.270 e. The van der Waals surface area contributed by atoms with Crippen LogP contribution in [0.15, 0.2) is 29.3 Å². The van der Waals surface area contributed by atoms with Crippen LogP contribution in [0.5, 0.6) is 0 Å². The number of benzene rings is 1. The number of hydrogen-bond donors (Lipinski definition) is 2. The van der Waals surface area contributed by atoms with E-state index in [4.69, 9.17) is 5.11 Å². The van der Waals surface area contributed by atoms with E-state index in [0.717, 1.165) is 0 Å². The van der Waals surface area contributed by atoms with E-state index in [1.807, 2.05) is 0 Å². The number of amides is 1. The van der Waals surface area contributed by atoms with Crippen molar-refractivity contribution in [2.24, 2.45) is 4.99 Å². The fourth-order valence-electron chi connectivity index (χ4n) is 1.26. The highest BCUT2D eigenvalue weighted by atomic mass is 16.6. The maximum atomic E-state index is 11.2. The van der Waals surface area contributed by atoms with Gasteiger partial charge in [-0.3, -0.25) is 19.9 Å². The van der Waals surface area contributed by atoms with Gasteiger partial charge in [0.1, 0.15) is 0 Å². The molecule has 0 bridgehead atoms. The second kappa shape index (κ2) is 6.45. The van der Waals surface area contributed by atoms with Crippen LogP contribution in [0.1, 0.15) is 5.56 Å². The number of aliphatic imine (C=N–C) groups is 1. The van der Waals surface area contributed by atoms with Gasteiger partial charge < -0.3 is 10.4 Å². The van der Waals surface area contributed by atoms with Crippen molar-refractivity contribution in [3.8, 4) is 0 Å². The number of nitro benzene ring substituents is 1. The molecule has 0 aliphatic heterocycles. The highest BCUT2D eigenvalue weighted by molar-refractivity contribution is 5.87. The number of nitrogens with zero attached hydrogens (tertiary/aromatic N) is 2. The quantitative estimate of drug-likeness (QED) is 0.440. The van der Waals surface area contributed by atoms with Crippen molar-refractivity contribution in [1.29, 1.82) is 0 Å². The lowest BCUT2D eigenvalue weighted by molar-refractivity contribution is -0.384. The van der Waals surface area contributed by atoms with Crippen LogP contribution in [0.3, 0.4) is 0 Å². The van der Waals surface area contributed by atoms with Crippen LogP contribution in [-0.4, -0.2) is 41.8 Å². The minimum Gasteiger partial charge on any atom is -0.394 e. The summed E-state index contributed by atoms with van der Waals surface area (Å²) in [7, 11) is 1.44. The van der Waals surface area contributed by atoms with Crippen molar-refractivity contribution in [2.45, 2.75) is 6.04 Å². The fourth-order valence-corrected chi connectivity index (χ4v) is 1.26. The van der Waals surface area contributed by atoms with Crippen molar-refractivity contribution >= 4 is 17.8 Å². The van der Waals surface area contributed by atoms with Gasteiger partial charge in [-0.15, -0.1) is 0 Å². The molecule has 0 saturated heterocycles. The van der Waals surface area contributed by atoms with E-state index < -0.39 is 23.5 Å². The summed E-state index contributed by atoms with van der Waals surface area (Å²) in [6.45, 7) is -0.425. The number of aliphatic hydroxyl groups excluding tert-OH is 1. The lowest BCUT2D eigenvalue weighted by Crippen LogP contribution is -2.33. The fraction of sp³-hybridized carbons (Fsp3) is 0.273. The van der Waals surface area contributed by atoms with Gasteiger partial charge in [0, 0.05) is 25.4 Å². The number of likely N-dealkylation sites (N-methyl/N-ethyl adjacent to an activating group) is 1. The van der Waals surface area contributed by atoms with Crippen LogP contribution in [-0.2, 0) is 4.79 Å². The van der Waals surface area contributed by atoms with Gasteiger partial charge in [-0.05, 0) is 5.56 Å². The summed E-state index contributed by atoms with van der Waals surface area (Å²) in [5, 5.41) is 21.9. The molecule has 2 N–H and O–H groups in total. The van der Waals surface area contributed by atoms with Gasteiger partial charge >= 0.3 is 0 Å². The van der Waals surface area contributed by atoms with Crippen LogP contribution in [0.25, 0.3) is 0 Å². The Balaban J connectivity index is 2.86. The second-order valence-corrected chi connectivity index (χ2v) is 3.44. The molecule has 1 aromatic carbocycles. The number of rotatable bonds is 5. The maximum absolute atomic E-state index is 11.2. The van der Waals surface area contributed by atoms with Gasteiger partial charge in [0.15, 0.2) is 6.04 Å². The van der Waals surface area contributed by atoms with Crippen LogP contribution in [0, 0.1) is 10.1 Å². The second-order valence-electron chi connectivity index (χ2n) is 3.44. The predicted molar refractivity (Wildman–Crippen MR) is 65.6 cm³/mol. The van der Waals surface area contributed by atoms with E-state index in [2.05, 4.69) is 10.3 Å². The normalized spacial score (nSPS) is 12.3. The largest absolute Gasteiger partial charge is 0.394 e. The molecule has 96 valence electrons. The Morgan fingerprint density at radius 3 is 2.94 bits per heavy atom. The van der Waals surface area contributed by atoms with Crippen molar-refractivity contribution in [3.05, 3.63) is 39.9 Å². The van der Waals surface area contributed by atoms with E-state index >= 15 is 0 Å². The van der Waals surface area contributed by atoms with Gasteiger partial charge in [-0.25, -0.2) is 0 Å². The van der Waals surface area contributed by atoms with Crippen molar-refractivity contribution in [3.63, 3.8) is 0 Å². The Hall–Kier alpha value is -2.28. The average Bonchev–Trinajstić information content (AvgIpc) is 2.39. The summed E-state index contributed by atoms with van der Waals surface area (Å²) in [6.07, 6.45) is 1.32. The first kappa shape index (κ1) is 13.8. The minimum absolute atomic E-state index is 0.0561. The van der Waals surface area contributed by atoms with Gasteiger partial charge in [-0.2, -0.15) is 0 Å². The van der Waals surface area contributed by atoms with E-state index in [0.29, 0.717) is 5.56 Å². The van der Waals surface area contributed by atoms with E-state index in [1.54, 1.807) is 6.07 Å². The third-order valence-corrected chi connectivity index (χ3v) is 2.21. The number of aliphatic hydroxyl groups is 1. The lowest BCUT2D eigenvalue weighted by Gasteiger charge is -2.06. The monoisotopic (exact) mass is 251 g/mol. The van der Waals surface area contributed by atoms with Crippen LogP contribution < -0.4 is 5.32 Å². The molecule has 0 unspecified atom stereocenters. The third-order valence-electron chi connectivity index (χ3n) is 2.21. The SMILES string of the molecule is CNC(=O)[C@H](CO)/N=C/c1cccc([N+](=O)[O-])c1. The first-order valence-corrected chi connectivity index (χ1v) is 5.18. The first-order valence-electron chi connectivity index (χ1n) is 5.18. The topological polar surface area (TPSA) is 105 Å². The summed E-state index contributed by atoms with van der Waals surface area (Å²) in [4.78, 5) is 25.2. The van der Waals surface area contributed by atoms with Crippen LogP contribution in [0.2, 0.25) is 0 Å². The number of nitro groups is 1. The molecular formula is C11H13N3O4. The molecule has 0 aromatic heterocycles. The zero-order valence-electron chi connectivity index (χ0n) is 9.74. The standard InChI is InChI=1S/C11H13N3O4/c1-12-11(16)10(7-15)13-6-8-3-2-4-9(5-8)14(17)18/h2-6,10,15H,7H2,1H3,(H,12,16)/b13-6+/t10-/m0/s1. The molecule has 0 spiro atoms. The first-order chi connectivity index (χ1) is 8.58. The molecule has 1 atom stereocenters. The summed E-state index contributed by atoms with van der Waals surface area (Å²) in [6, 6.07) is 4.93. The van der Waals surface area contributed by atoms with Gasteiger partial charge in [-0.1, -0.05) is 12.1 Å². The number of nitrogens with one attached hydrogen (secondary N) is 1. The van der Waals surface area contributed by atoms with E-state index in [9.17, 15) is 14.9 Å². The number of non-ortho nitro benzene ring substituents is 1. The van der Waals surface area contributed by atoms with Gasteiger partial charge in [0.05, 0.1) is 11.5 Å². The Morgan fingerprint density at radius 2 is 2.39 bits per heavy atom. The molecule has 0 saturated carbocycles.